The number of aliphatic imine (C=N–C) groups is 2. The highest BCUT2D eigenvalue weighted by Gasteiger charge is 2.27. The summed E-state index contributed by atoms with van der Waals surface area (Å²) < 4.78 is 0. The van der Waals surface area contributed by atoms with Gasteiger partial charge in [-0.15, -0.1) is 0 Å². The fraction of sp³-hybridized carbons (Fsp3) is 0.450. The van der Waals surface area contributed by atoms with Crippen molar-refractivity contribution in [3.63, 3.8) is 0 Å². The van der Waals surface area contributed by atoms with Crippen LogP contribution in [0.1, 0.15) is 18.9 Å². The predicted molar refractivity (Wildman–Crippen MR) is 108 cm³/mol. The standard InChI is InChI=1S/C20H26N6O/c1-3-16-13-26-14-21-18(12-19(26)22-16)24-8-10-25(11-9-24)20(27)23-17-7-5-4-6-15(17)2/h4-7,12,14,16H,3,8-11,13H2,1-2H3,(H,23,27). The van der Waals surface area contributed by atoms with Crippen molar-refractivity contribution in [2.75, 3.05) is 38.0 Å². The quantitative estimate of drug-likeness (QED) is 0.894. The molecular formula is C20H26N6O. The summed E-state index contributed by atoms with van der Waals surface area (Å²) in [5.74, 6) is 1.95. The Bertz CT molecular complexity index is 806. The molecule has 4 rings (SSSR count). The summed E-state index contributed by atoms with van der Waals surface area (Å²) >= 11 is 0. The first-order chi connectivity index (χ1) is 13.1. The van der Waals surface area contributed by atoms with Crippen molar-refractivity contribution in [3.05, 3.63) is 41.7 Å². The van der Waals surface area contributed by atoms with Crippen LogP contribution in [0.5, 0.6) is 0 Å². The monoisotopic (exact) mass is 366 g/mol. The van der Waals surface area contributed by atoms with E-state index in [0.717, 1.165) is 49.0 Å². The second-order valence-electron chi connectivity index (χ2n) is 7.17. The molecule has 0 aromatic heterocycles. The van der Waals surface area contributed by atoms with Crippen molar-refractivity contribution in [2.45, 2.75) is 26.3 Å². The molecule has 0 bridgehead atoms. The predicted octanol–water partition coefficient (Wildman–Crippen LogP) is 2.52. The number of para-hydroxylation sites is 1. The zero-order valence-electron chi connectivity index (χ0n) is 15.9. The number of nitrogens with zero attached hydrogens (tertiary/aromatic N) is 5. The molecule has 0 saturated carbocycles. The summed E-state index contributed by atoms with van der Waals surface area (Å²) in [4.78, 5) is 28.1. The first-order valence-electron chi connectivity index (χ1n) is 9.61. The Balaban J connectivity index is 1.35. The zero-order valence-corrected chi connectivity index (χ0v) is 15.9. The molecule has 1 unspecified atom stereocenters. The lowest BCUT2D eigenvalue weighted by atomic mass is 10.2. The highest BCUT2D eigenvalue weighted by atomic mass is 16.2. The Labute approximate surface area is 160 Å². The van der Waals surface area contributed by atoms with Crippen LogP contribution in [-0.2, 0) is 0 Å². The summed E-state index contributed by atoms with van der Waals surface area (Å²) in [5, 5.41) is 3.01. The Morgan fingerprint density at radius 1 is 1.22 bits per heavy atom. The van der Waals surface area contributed by atoms with E-state index in [-0.39, 0.29) is 6.03 Å². The lowest BCUT2D eigenvalue weighted by Crippen LogP contribution is -2.50. The van der Waals surface area contributed by atoms with Crippen LogP contribution in [0, 0.1) is 6.92 Å². The number of carbonyl (C=O) groups excluding carboxylic acids is 1. The fourth-order valence-electron chi connectivity index (χ4n) is 3.57. The molecule has 3 aliphatic rings. The van der Waals surface area contributed by atoms with Crippen LogP contribution in [0.3, 0.4) is 0 Å². The molecule has 1 aromatic carbocycles. The molecule has 1 atom stereocenters. The molecule has 142 valence electrons. The van der Waals surface area contributed by atoms with Gasteiger partial charge >= 0.3 is 6.03 Å². The Kier molecular flexibility index (Phi) is 4.83. The van der Waals surface area contributed by atoms with Crippen molar-refractivity contribution >= 4 is 23.9 Å². The molecule has 0 spiro atoms. The van der Waals surface area contributed by atoms with Gasteiger partial charge in [-0.05, 0) is 25.0 Å². The van der Waals surface area contributed by atoms with Crippen molar-refractivity contribution in [1.82, 2.24) is 14.7 Å². The maximum atomic E-state index is 12.5. The minimum absolute atomic E-state index is 0.0396. The zero-order chi connectivity index (χ0) is 18.8. The number of nitrogens with one attached hydrogen (secondary N) is 1. The molecule has 7 heteroatoms. The van der Waals surface area contributed by atoms with Crippen molar-refractivity contribution < 1.29 is 4.79 Å². The molecule has 3 aliphatic heterocycles. The van der Waals surface area contributed by atoms with Crippen LogP contribution >= 0.6 is 0 Å². The first kappa shape index (κ1) is 17.6. The number of hydrogen-bond donors (Lipinski definition) is 1. The number of piperazine rings is 1. The molecule has 1 N–H and O–H groups in total. The largest absolute Gasteiger partial charge is 0.353 e. The lowest BCUT2D eigenvalue weighted by Gasteiger charge is -2.36. The summed E-state index contributed by atoms with van der Waals surface area (Å²) in [7, 11) is 0. The van der Waals surface area contributed by atoms with Crippen LogP contribution in [0.25, 0.3) is 0 Å². The van der Waals surface area contributed by atoms with E-state index in [2.05, 4.69) is 33.1 Å². The third-order valence-corrected chi connectivity index (χ3v) is 5.35. The lowest BCUT2D eigenvalue weighted by molar-refractivity contribution is 0.167. The average molecular weight is 366 g/mol. The fourth-order valence-corrected chi connectivity index (χ4v) is 3.57. The molecule has 7 nitrogen and oxygen atoms in total. The first-order valence-corrected chi connectivity index (χ1v) is 9.61. The number of hydrogen-bond acceptors (Lipinski definition) is 5. The van der Waals surface area contributed by atoms with Gasteiger partial charge < -0.3 is 20.0 Å². The summed E-state index contributed by atoms with van der Waals surface area (Å²) in [5.41, 5.74) is 1.94. The van der Waals surface area contributed by atoms with E-state index in [0.29, 0.717) is 19.1 Å². The van der Waals surface area contributed by atoms with Crippen LogP contribution in [0.15, 0.2) is 46.1 Å². The number of aryl methyl sites for hydroxylation is 1. The summed E-state index contributed by atoms with van der Waals surface area (Å²) in [6.07, 6.45) is 5.01. The van der Waals surface area contributed by atoms with Gasteiger partial charge in [-0.1, -0.05) is 25.1 Å². The molecule has 0 aliphatic carbocycles. The summed E-state index contributed by atoms with van der Waals surface area (Å²) in [6.45, 7) is 7.99. The van der Waals surface area contributed by atoms with E-state index < -0.39 is 0 Å². The maximum Gasteiger partial charge on any atom is 0.321 e. The van der Waals surface area contributed by atoms with E-state index in [1.54, 1.807) is 0 Å². The van der Waals surface area contributed by atoms with Crippen LogP contribution in [0.2, 0.25) is 0 Å². The van der Waals surface area contributed by atoms with Gasteiger partial charge in [-0.25, -0.2) is 9.79 Å². The number of urea groups is 1. The van der Waals surface area contributed by atoms with E-state index in [4.69, 9.17) is 4.99 Å². The molecule has 27 heavy (non-hydrogen) atoms. The number of carbonyl (C=O) groups is 1. The number of fused-ring (bicyclic) bond motifs is 1. The normalized spacial score (nSPS) is 21.7. The van der Waals surface area contributed by atoms with Crippen molar-refractivity contribution in [2.24, 2.45) is 9.98 Å². The molecule has 1 saturated heterocycles. The van der Waals surface area contributed by atoms with Gasteiger partial charge in [-0.2, -0.15) is 0 Å². The molecule has 1 aromatic rings. The van der Waals surface area contributed by atoms with E-state index in [9.17, 15) is 4.79 Å². The van der Waals surface area contributed by atoms with Crippen LogP contribution < -0.4 is 5.32 Å². The number of benzene rings is 1. The second-order valence-corrected chi connectivity index (χ2v) is 7.17. The maximum absolute atomic E-state index is 12.5. The molecular weight excluding hydrogens is 340 g/mol. The summed E-state index contributed by atoms with van der Waals surface area (Å²) in [6, 6.07) is 8.17. The number of amidine groups is 1. The number of rotatable bonds is 3. The van der Waals surface area contributed by atoms with Gasteiger partial charge in [-0.3, -0.25) is 4.99 Å². The third-order valence-electron chi connectivity index (χ3n) is 5.35. The second kappa shape index (κ2) is 7.42. The minimum Gasteiger partial charge on any atom is -0.353 e. The smallest absolute Gasteiger partial charge is 0.321 e. The third kappa shape index (κ3) is 3.67. The molecule has 3 heterocycles. The average Bonchev–Trinajstić information content (AvgIpc) is 3.12. The highest BCUT2D eigenvalue weighted by molar-refractivity contribution is 6.03. The number of amides is 2. The van der Waals surface area contributed by atoms with Crippen LogP contribution in [0.4, 0.5) is 10.5 Å². The van der Waals surface area contributed by atoms with E-state index in [1.807, 2.05) is 42.4 Å². The molecule has 1 fully saturated rings. The Hall–Kier alpha value is -2.83. The highest BCUT2D eigenvalue weighted by Crippen LogP contribution is 2.20. The van der Waals surface area contributed by atoms with Gasteiger partial charge in [0.05, 0.1) is 12.4 Å². The van der Waals surface area contributed by atoms with Gasteiger partial charge in [0.2, 0.25) is 0 Å². The Morgan fingerprint density at radius 2 is 2.00 bits per heavy atom. The van der Waals surface area contributed by atoms with Gasteiger partial charge in [0.1, 0.15) is 11.7 Å². The Morgan fingerprint density at radius 3 is 2.74 bits per heavy atom. The minimum atomic E-state index is -0.0396. The van der Waals surface area contributed by atoms with E-state index >= 15 is 0 Å². The number of anilines is 1. The SMILES string of the molecule is CCC1CN2C=NC(N3CCN(C(=O)Nc4ccccc4C)CC3)=CC2=N1. The van der Waals surface area contributed by atoms with Crippen molar-refractivity contribution in [3.8, 4) is 0 Å². The van der Waals surface area contributed by atoms with Crippen molar-refractivity contribution in [1.29, 1.82) is 0 Å². The van der Waals surface area contributed by atoms with E-state index in [1.165, 1.54) is 0 Å². The molecule has 2 amide bonds. The molecule has 0 radical (unpaired) electrons. The topological polar surface area (TPSA) is 63.5 Å². The van der Waals surface area contributed by atoms with Gasteiger partial charge in [0.25, 0.3) is 0 Å². The van der Waals surface area contributed by atoms with Gasteiger partial charge in [0.15, 0.2) is 0 Å². The van der Waals surface area contributed by atoms with Crippen LogP contribution in [-0.4, -0.2) is 71.7 Å². The van der Waals surface area contributed by atoms with Gasteiger partial charge in [0, 0.05) is 44.5 Å².